The van der Waals surface area contributed by atoms with E-state index in [2.05, 4.69) is 48.3 Å². The van der Waals surface area contributed by atoms with E-state index in [0.29, 0.717) is 6.04 Å². The molecule has 3 atom stereocenters. The van der Waals surface area contributed by atoms with Crippen molar-refractivity contribution in [1.82, 2.24) is 10.2 Å². The maximum absolute atomic E-state index is 3.57. The van der Waals surface area contributed by atoms with Crippen LogP contribution in [0.2, 0.25) is 0 Å². The van der Waals surface area contributed by atoms with Crippen molar-refractivity contribution in [2.75, 3.05) is 19.6 Å². The Balaban J connectivity index is 1.83. The Morgan fingerprint density at radius 3 is 2.94 bits per heavy atom. The third-order valence-corrected chi connectivity index (χ3v) is 4.86. The summed E-state index contributed by atoms with van der Waals surface area (Å²) in [6.07, 6.45) is 2.77. The van der Waals surface area contributed by atoms with Gasteiger partial charge >= 0.3 is 0 Å². The summed E-state index contributed by atoms with van der Waals surface area (Å²) in [7, 11) is 0. The number of hydrogen-bond donors (Lipinski definition) is 1. The molecule has 2 nitrogen and oxygen atoms in total. The van der Waals surface area contributed by atoms with E-state index in [1.54, 1.807) is 0 Å². The third-order valence-electron chi connectivity index (χ3n) is 4.86. The summed E-state index contributed by atoms with van der Waals surface area (Å²) >= 11 is 0. The minimum Gasteiger partial charge on any atom is -0.315 e. The van der Waals surface area contributed by atoms with Crippen LogP contribution in [0.1, 0.15) is 36.9 Å². The molecular weight excluding hydrogens is 220 g/mol. The van der Waals surface area contributed by atoms with Crippen molar-refractivity contribution in [2.45, 2.75) is 38.8 Å². The zero-order chi connectivity index (χ0) is 12.5. The lowest BCUT2D eigenvalue weighted by Gasteiger charge is -2.41. The average Bonchev–Trinajstić information content (AvgIpc) is 2.86. The first-order valence-electron chi connectivity index (χ1n) is 7.29. The molecule has 1 N–H and O–H groups in total. The van der Waals surface area contributed by atoms with E-state index in [4.69, 9.17) is 0 Å². The van der Waals surface area contributed by atoms with E-state index in [9.17, 15) is 0 Å². The third kappa shape index (κ3) is 2.08. The molecule has 0 aliphatic carbocycles. The lowest BCUT2D eigenvalue weighted by atomic mass is 9.89. The van der Waals surface area contributed by atoms with Crippen LogP contribution in [0.15, 0.2) is 24.3 Å². The number of nitrogens with one attached hydrogen (secondary N) is 1. The second-order valence-corrected chi connectivity index (χ2v) is 5.90. The van der Waals surface area contributed by atoms with Crippen molar-refractivity contribution in [2.24, 2.45) is 5.92 Å². The molecule has 0 spiro atoms. The fourth-order valence-electron chi connectivity index (χ4n) is 3.82. The fourth-order valence-corrected chi connectivity index (χ4v) is 3.82. The molecule has 1 aromatic rings. The smallest absolute Gasteiger partial charge is 0.0326 e. The van der Waals surface area contributed by atoms with Crippen LogP contribution >= 0.6 is 0 Å². The summed E-state index contributed by atoms with van der Waals surface area (Å²) in [4.78, 5) is 2.73. The zero-order valence-corrected chi connectivity index (χ0v) is 11.5. The SMILES string of the molecule is Cc1ccccc1C(C)N1CCCC2CNCC21. The van der Waals surface area contributed by atoms with E-state index in [0.717, 1.165) is 12.0 Å². The van der Waals surface area contributed by atoms with Gasteiger partial charge in [-0.1, -0.05) is 24.3 Å². The standard InChI is InChI=1S/C16H24N2/c1-12-6-3-4-8-15(12)13(2)18-9-5-7-14-10-17-11-16(14)18/h3-4,6,8,13-14,16-17H,5,7,9-11H2,1-2H3. The second kappa shape index (κ2) is 5.02. The number of likely N-dealkylation sites (tertiary alicyclic amines) is 1. The first-order valence-corrected chi connectivity index (χ1v) is 7.29. The van der Waals surface area contributed by atoms with Crippen LogP contribution in [0, 0.1) is 12.8 Å². The Labute approximate surface area is 110 Å². The Morgan fingerprint density at radius 1 is 1.28 bits per heavy atom. The van der Waals surface area contributed by atoms with Crippen molar-refractivity contribution in [3.63, 3.8) is 0 Å². The summed E-state index contributed by atoms with van der Waals surface area (Å²) in [6, 6.07) is 10.2. The summed E-state index contributed by atoms with van der Waals surface area (Å²) in [5, 5.41) is 3.57. The van der Waals surface area contributed by atoms with Crippen molar-refractivity contribution < 1.29 is 0 Å². The topological polar surface area (TPSA) is 15.3 Å². The van der Waals surface area contributed by atoms with Crippen LogP contribution < -0.4 is 5.32 Å². The maximum atomic E-state index is 3.57. The van der Waals surface area contributed by atoms with Crippen LogP contribution in [0.3, 0.4) is 0 Å². The largest absolute Gasteiger partial charge is 0.315 e. The Kier molecular flexibility index (Phi) is 3.40. The van der Waals surface area contributed by atoms with Crippen LogP contribution in [-0.4, -0.2) is 30.6 Å². The molecule has 2 fully saturated rings. The van der Waals surface area contributed by atoms with Gasteiger partial charge in [-0.25, -0.2) is 0 Å². The number of aryl methyl sites for hydroxylation is 1. The van der Waals surface area contributed by atoms with Crippen molar-refractivity contribution in [1.29, 1.82) is 0 Å². The monoisotopic (exact) mass is 244 g/mol. The number of benzene rings is 1. The number of piperidine rings is 1. The summed E-state index contributed by atoms with van der Waals surface area (Å²) in [5.41, 5.74) is 2.93. The van der Waals surface area contributed by atoms with E-state index >= 15 is 0 Å². The molecule has 2 aliphatic heterocycles. The Hall–Kier alpha value is -0.860. The van der Waals surface area contributed by atoms with Gasteiger partial charge in [0.1, 0.15) is 0 Å². The summed E-state index contributed by atoms with van der Waals surface area (Å²) in [5.74, 6) is 0.880. The number of nitrogens with zero attached hydrogens (tertiary/aromatic N) is 1. The first-order chi connectivity index (χ1) is 8.77. The lowest BCUT2D eigenvalue weighted by molar-refractivity contribution is 0.0845. The van der Waals surface area contributed by atoms with Gasteiger partial charge in [-0.2, -0.15) is 0 Å². The van der Waals surface area contributed by atoms with Gasteiger partial charge in [-0.3, -0.25) is 4.90 Å². The van der Waals surface area contributed by atoms with Gasteiger partial charge in [0.25, 0.3) is 0 Å². The quantitative estimate of drug-likeness (QED) is 0.860. The molecule has 0 saturated carbocycles. The molecule has 2 heteroatoms. The lowest BCUT2D eigenvalue weighted by Crippen LogP contribution is -2.46. The molecular formula is C16H24N2. The fraction of sp³-hybridized carbons (Fsp3) is 0.625. The van der Waals surface area contributed by atoms with Crippen LogP contribution in [0.4, 0.5) is 0 Å². The first kappa shape index (κ1) is 12.2. The predicted octanol–water partition coefficient (Wildman–Crippen LogP) is 2.74. The normalized spacial score (nSPS) is 30.1. The molecule has 0 radical (unpaired) electrons. The van der Waals surface area contributed by atoms with E-state index in [1.165, 1.54) is 43.6 Å². The van der Waals surface area contributed by atoms with E-state index < -0.39 is 0 Å². The number of hydrogen-bond acceptors (Lipinski definition) is 2. The van der Waals surface area contributed by atoms with Gasteiger partial charge in [0.05, 0.1) is 0 Å². The number of fused-ring (bicyclic) bond motifs is 1. The Bertz CT molecular complexity index is 415. The molecule has 2 heterocycles. The molecule has 2 aliphatic rings. The van der Waals surface area contributed by atoms with Crippen molar-refractivity contribution in [3.8, 4) is 0 Å². The highest BCUT2D eigenvalue weighted by Crippen LogP contribution is 2.34. The second-order valence-electron chi connectivity index (χ2n) is 5.90. The molecule has 98 valence electrons. The molecule has 18 heavy (non-hydrogen) atoms. The molecule has 1 aromatic carbocycles. The van der Waals surface area contributed by atoms with Gasteiger partial charge in [0.15, 0.2) is 0 Å². The minimum absolute atomic E-state index is 0.555. The van der Waals surface area contributed by atoms with Crippen LogP contribution in [0.5, 0.6) is 0 Å². The molecule has 0 aromatic heterocycles. The minimum atomic E-state index is 0.555. The van der Waals surface area contributed by atoms with Gasteiger partial charge < -0.3 is 5.32 Å². The molecule has 3 rings (SSSR count). The molecule has 2 saturated heterocycles. The highest BCUT2D eigenvalue weighted by atomic mass is 15.2. The summed E-state index contributed by atoms with van der Waals surface area (Å²) in [6.45, 7) is 8.28. The average molecular weight is 244 g/mol. The van der Waals surface area contributed by atoms with Crippen LogP contribution in [0.25, 0.3) is 0 Å². The number of rotatable bonds is 2. The maximum Gasteiger partial charge on any atom is 0.0326 e. The van der Waals surface area contributed by atoms with Crippen molar-refractivity contribution in [3.05, 3.63) is 35.4 Å². The highest BCUT2D eigenvalue weighted by molar-refractivity contribution is 5.28. The van der Waals surface area contributed by atoms with Gasteiger partial charge in [-0.05, 0) is 56.8 Å². The predicted molar refractivity (Wildman–Crippen MR) is 75.7 cm³/mol. The van der Waals surface area contributed by atoms with E-state index in [1.807, 2.05) is 0 Å². The summed E-state index contributed by atoms with van der Waals surface area (Å²) < 4.78 is 0. The van der Waals surface area contributed by atoms with Crippen LogP contribution in [-0.2, 0) is 0 Å². The van der Waals surface area contributed by atoms with Gasteiger partial charge in [0.2, 0.25) is 0 Å². The molecule has 0 amide bonds. The highest BCUT2D eigenvalue weighted by Gasteiger charge is 2.37. The molecule has 3 unspecified atom stereocenters. The van der Waals surface area contributed by atoms with Gasteiger partial charge in [-0.15, -0.1) is 0 Å². The van der Waals surface area contributed by atoms with Gasteiger partial charge in [0, 0.05) is 18.6 Å². The Morgan fingerprint density at radius 2 is 2.11 bits per heavy atom. The van der Waals surface area contributed by atoms with E-state index in [-0.39, 0.29) is 0 Å². The van der Waals surface area contributed by atoms with Crippen molar-refractivity contribution >= 4 is 0 Å². The zero-order valence-electron chi connectivity index (χ0n) is 11.5. The molecule has 0 bridgehead atoms.